The van der Waals surface area contributed by atoms with E-state index in [9.17, 15) is 4.79 Å². The number of hydrogen-bond donors (Lipinski definition) is 1. The maximum Gasteiger partial charge on any atom is 0.223 e. The van der Waals surface area contributed by atoms with E-state index in [0.717, 1.165) is 15.8 Å². The molecule has 0 aliphatic rings. The van der Waals surface area contributed by atoms with Gasteiger partial charge in [-0.05, 0) is 34.2 Å². The van der Waals surface area contributed by atoms with Crippen molar-refractivity contribution < 1.29 is 4.79 Å². The van der Waals surface area contributed by atoms with E-state index in [4.69, 9.17) is 0 Å². The minimum absolute atomic E-state index is 0.0953. The minimum atomic E-state index is -0.0953. The Balaban J connectivity index is 1.95. The highest BCUT2D eigenvalue weighted by atomic mass is 32.1. The summed E-state index contributed by atoms with van der Waals surface area (Å²) in [5, 5.41) is 3.39. The van der Waals surface area contributed by atoms with Crippen molar-refractivity contribution in [3.63, 3.8) is 0 Å². The molecule has 0 spiro atoms. The number of carbonyl (C=O) groups excluding carboxylic acids is 1. The van der Waals surface area contributed by atoms with E-state index >= 15 is 0 Å². The third-order valence-electron chi connectivity index (χ3n) is 3.75. The maximum absolute atomic E-state index is 11.1. The van der Waals surface area contributed by atoms with Crippen molar-refractivity contribution in [1.29, 1.82) is 0 Å². The molecule has 0 atom stereocenters. The van der Waals surface area contributed by atoms with Gasteiger partial charge in [0, 0.05) is 6.92 Å². The standard InChI is InChI=1S/C19H20N2OS/c1-12(22)20-18-21-16-11-14(7-10-17(16)23-18)13-5-8-15(9-6-13)19(2,3)4/h5-11H,1-4H3,(H,20,21,22). The Labute approximate surface area is 140 Å². The molecule has 0 radical (unpaired) electrons. The Morgan fingerprint density at radius 3 is 2.30 bits per heavy atom. The third-order valence-corrected chi connectivity index (χ3v) is 4.71. The molecular weight excluding hydrogens is 304 g/mol. The van der Waals surface area contributed by atoms with Crippen LogP contribution in [0.5, 0.6) is 0 Å². The summed E-state index contributed by atoms with van der Waals surface area (Å²) in [7, 11) is 0. The van der Waals surface area contributed by atoms with Gasteiger partial charge in [0.1, 0.15) is 0 Å². The van der Waals surface area contributed by atoms with Crippen molar-refractivity contribution >= 4 is 32.6 Å². The summed E-state index contributed by atoms with van der Waals surface area (Å²) < 4.78 is 1.07. The number of thiazole rings is 1. The molecule has 1 aromatic heterocycles. The summed E-state index contributed by atoms with van der Waals surface area (Å²) in [4.78, 5) is 15.6. The lowest BCUT2D eigenvalue weighted by Crippen LogP contribution is -2.10. The van der Waals surface area contributed by atoms with E-state index in [0.29, 0.717) is 5.13 Å². The summed E-state index contributed by atoms with van der Waals surface area (Å²) in [6, 6.07) is 14.9. The Hall–Kier alpha value is -2.20. The van der Waals surface area contributed by atoms with Crippen molar-refractivity contribution in [3.8, 4) is 11.1 Å². The van der Waals surface area contributed by atoms with Crippen LogP contribution in [0.25, 0.3) is 21.3 Å². The van der Waals surface area contributed by atoms with E-state index in [1.165, 1.54) is 29.4 Å². The van der Waals surface area contributed by atoms with Crippen molar-refractivity contribution in [2.24, 2.45) is 0 Å². The molecule has 4 heteroatoms. The smallest absolute Gasteiger partial charge is 0.223 e. The number of hydrogen-bond acceptors (Lipinski definition) is 3. The second-order valence-corrected chi connectivity index (χ2v) is 7.74. The van der Waals surface area contributed by atoms with Crippen molar-refractivity contribution in [2.45, 2.75) is 33.1 Å². The Morgan fingerprint density at radius 1 is 1.04 bits per heavy atom. The zero-order chi connectivity index (χ0) is 16.6. The van der Waals surface area contributed by atoms with Crippen molar-refractivity contribution in [3.05, 3.63) is 48.0 Å². The number of benzene rings is 2. The summed E-state index contributed by atoms with van der Waals surface area (Å²) in [5.41, 5.74) is 4.71. The van der Waals surface area contributed by atoms with Gasteiger partial charge in [-0.1, -0.05) is 62.4 Å². The van der Waals surface area contributed by atoms with Crippen LogP contribution in [-0.2, 0) is 10.2 Å². The average molecular weight is 324 g/mol. The molecule has 0 saturated heterocycles. The van der Waals surface area contributed by atoms with E-state index < -0.39 is 0 Å². The van der Waals surface area contributed by atoms with Gasteiger partial charge in [-0.2, -0.15) is 0 Å². The Kier molecular flexibility index (Phi) is 3.94. The number of anilines is 1. The zero-order valence-electron chi connectivity index (χ0n) is 13.8. The highest BCUT2D eigenvalue weighted by Crippen LogP contribution is 2.31. The van der Waals surface area contributed by atoms with Gasteiger partial charge in [-0.3, -0.25) is 4.79 Å². The summed E-state index contributed by atoms with van der Waals surface area (Å²) in [6.45, 7) is 8.14. The van der Waals surface area contributed by atoms with Crippen LogP contribution in [0, 0.1) is 0 Å². The normalized spacial score (nSPS) is 11.7. The fourth-order valence-corrected chi connectivity index (χ4v) is 3.37. The molecule has 0 bridgehead atoms. The van der Waals surface area contributed by atoms with Crippen LogP contribution in [-0.4, -0.2) is 10.9 Å². The first-order chi connectivity index (χ1) is 10.8. The van der Waals surface area contributed by atoms with Crippen LogP contribution in [0.15, 0.2) is 42.5 Å². The number of amides is 1. The molecule has 0 aliphatic heterocycles. The van der Waals surface area contributed by atoms with Gasteiger partial charge in [0.25, 0.3) is 0 Å². The molecule has 0 aliphatic carbocycles. The van der Waals surface area contributed by atoms with Gasteiger partial charge in [-0.25, -0.2) is 4.98 Å². The van der Waals surface area contributed by atoms with Gasteiger partial charge >= 0.3 is 0 Å². The summed E-state index contributed by atoms with van der Waals surface area (Å²) in [5.74, 6) is -0.0953. The second-order valence-electron chi connectivity index (χ2n) is 6.71. The average Bonchev–Trinajstić information content (AvgIpc) is 2.86. The van der Waals surface area contributed by atoms with Crippen molar-refractivity contribution in [1.82, 2.24) is 4.98 Å². The minimum Gasteiger partial charge on any atom is -0.302 e. The first-order valence-electron chi connectivity index (χ1n) is 7.62. The van der Waals surface area contributed by atoms with Gasteiger partial charge in [0.15, 0.2) is 5.13 Å². The molecule has 1 amide bonds. The van der Waals surface area contributed by atoms with Crippen LogP contribution in [0.2, 0.25) is 0 Å². The lowest BCUT2D eigenvalue weighted by molar-refractivity contribution is -0.114. The van der Waals surface area contributed by atoms with Gasteiger partial charge in [0.05, 0.1) is 10.2 Å². The molecule has 2 aromatic carbocycles. The number of nitrogens with zero attached hydrogens (tertiary/aromatic N) is 1. The number of fused-ring (bicyclic) bond motifs is 1. The monoisotopic (exact) mass is 324 g/mol. The summed E-state index contributed by atoms with van der Waals surface area (Å²) >= 11 is 1.49. The molecule has 3 aromatic rings. The van der Waals surface area contributed by atoms with E-state index in [1.54, 1.807) is 0 Å². The number of carbonyl (C=O) groups is 1. The van der Waals surface area contributed by atoms with E-state index in [2.05, 4.69) is 73.5 Å². The molecule has 3 rings (SSSR count). The van der Waals surface area contributed by atoms with E-state index in [1.807, 2.05) is 0 Å². The molecule has 0 saturated carbocycles. The van der Waals surface area contributed by atoms with Crippen LogP contribution >= 0.6 is 11.3 Å². The molecule has 0 unspecified atom stereocenters. The van der Waals surface area contributed by atoms with Gasteiger partial charge < -0.3 is 5.32 Å². The predicted molar refractivity (Wildman–Crippen MR) is 98.1 cm³/mol. The first-order valence-corrected chi connectivity index (χ1v) is 8.44. The third kappa shape index (κ3) is 3.42. The van der Waals surface area contributed by atoms with Crippen LogP contribution in [0.4, 0.5) is 5.13 Å². The largest absolute Gasteiger partial charge is 0.302 e. The Morgan fingerprint density at radius 2 is 1.70 bits per heavy atom. The fourth-order valence-electron chi connectivity index (χ4n) is 2.47. The molecule has 1 heterocycles. The highest BCUT2D eigenvalue weighted by molar-refractivity contribution is 7.22. The van der Waals surface area contributed by atoms with Crippen LogP contribution in [0.3, 0.4) is 0 Å². The lowest BCUT2D eigenvalue weighted by Gasteiger charge is -2.19. The molecule has 118 valence electrons. The predicted octanol–water partition coefficient (Wildman–Crippen LogP) is 5.22. The number of nitrogens with one attached hydrogen (secondary N) is 1. The molecule has 3 nitrogen and oxygen atoms in total. The SMILES string of the molecule is CC(=O)Nc1nc2cc(-c3ccc(C(C)(C)C)cc3)ccc2s1. The maximum atomic E-state index is 11.1. The summed E-state index contributed by atoms with van der Waals surface area (Å²) in [6.07, 6.45) is 0. The van der Waals surface area contributed by atoms with Crippen molar-refractivity contribution in [2.75, 3.05) is 5.32 Å². The first kappa shape index (κ1) is 15.7. The molecule has 1 N–H and O–H groups in total. The van der Waals surface area contributed by atoms with Crippen LogP contribution < -0.4 is 5.32 Å². The topological polar surface area (TPSA) is 42.0 Å². The van der Waals surface area contributed by atoms with Gasteiger partial charge in [0.2, 0.25) is 5.91 Å². The molecule has 23 heavy (non-hydrogen) atoms. The zero-order valence-corrected chi connectivity index (χ0v) is 14.6. The second kappa shape index (κ2) is 5.78. The molecule has 0 fully saturated rings. The fraction of sp³-hybridized carbons (Fsp3) is 0.263. The number of rotatable bonds is 2. The van der Waals surface area contributed by atoms with Crippen LogP contribution in [0.1, 0.15) is 33.3 Å². The molecular formula is C19H20N2OS. The van der Waals surface area contributed by atoms with E-state index in [-0.39, 0.29) is 11.3 Å². The number of aromatic nitrogens is 1. The highest BCUT2D eigenvalue weighted by Gasteiger charge is 2.13. The van der Waals surface area contributed by atoms with Gasteiger partial charge in [-0.15, -0.1) is 0 Å². The Bertz CT molecular complexity index is 857. The quantitative estimate of drug-likeness (QED) is 0.702. The lowest BCUT2D eigenvalue weighted by atomic mass is 9.86.